The smallest absolute Gasteiger partial charge is 0.334 e. The third-order valence-electron chi connectivity index (χ3n) is 4.33. The zero-order valence-electron chi connectivity index (χ0n) is 13.7. The Morgan fingerprint density at radius 3 is 2.88 bits per heavy atom. The standard InChI is InChI=1S/C17H20N2O4S/c1-11-8-14(12(2)19(11)9-13-4-3-7-24-13)16(20)18-5-6-23-15(10-18)17(21)22/h3-4,7-8,15H,5-6,9-10H2,1-2H3,(H,21,22). The number of aromatic nitrogens is 1. The van der Waals surface area contributed by atoms with Crippen LogP contribution in [0.5, 0.6) is 0 Å². The maximum absolute atomic E-state index is 12.8. The van der Waals surface area contributed by atoms with E-state index in [9.17, 15) is 9.59 Å². The summed E-state index contributed by atoms with van der Waals surface area (Å²) in [7, 11) is 0. The Hall–Kier alpha value is -2.12. The van der Waals surface area contributed by atoms with Crippen LogP contribution in [0.25, 0.3) is 0 Å². The molecule has 1 amide bonds. The fourth-order valence-corrected chi connectivity index (χ4v) is 3.67. The van der Waals surface area contributed by atoms with E-state index < -0.39 is 12.1 Å². The zero-order chi connectivity index (χ0) is 17.3. The van der Waals surface area contributed by atoms with Gasteiger partial charge in [-0.2, -0.15) is 0 Å². The summed E-state index contributed by atoms with van der Waals surface area (Å²) in [6.45, 7) is 5.40. The molecule has 0 spiro atoms. The Kier molecular flexibility index (Phi) is 4.73. The van der Waals surface area contributed by atoms with Crippen molar-refractivity contribution in [3.05, 3.63) is 45.4 Å². The van der Waals surface area contributed by atoms with Gasteiger partial charge in [0.1, 0.15) is 0 Å². The first kappa shape index (κ1) is 16.7. The molecule has 0 aliphatic carbocycles. The minimum Gasteiger partial charge on any atom is -0.479 e. The van der Waals surface area contributed by atoms with Crippen molar-refractivity contribution in [3.63, 3.8) is 0 Å². The number of hydrogen-bond acceptors (Lipinski definition) is 4. The van der Waals surface area contributed by atoms with Gasteiger partial charge in [-0.15, -0.1) is 11.3 Å². The van der Waals surface area contributed by atoms with Gasteiger partial charge >= 0.3 is 5.97 Å². The van der Waals surface area contributed by atoms with E-state index in [2.05, 4.69) is 10.6 Å². The molecule has 0 saturated carbocycles. The van der Waals surface area contributed by atoms with E-state index in [0.29, 0.717) is 12.1 Å². The van der Waals surface area contributed by atoms with Gasteiger partial charge in [-0.3, -0.25) is 4.79 Å². The highest BCUT2D eigenvalue weighted by Crippen LogP contribution is 2.21. The van der Waals surface area contributed by atoms with Crippen molar-refractivity contribution in [3.8, 4) is 0 Å². The third kappa shape index (κ3) is 3.22. The van der Waals surface area contributed by atoms with Crippen molar-refractivity contribution in [2.75, 3.05) is 19.7 Å². The van der Waals surface area contributed by atoms with Gasteiger partial charge in [0.25, 0.3) is 5.91 Å². The van der Waals surface area contributed by atoms with Crippen LogP contribution in [0.1, 0.15) is 26.6 Å². The third-order valence-corrected chi connectivity index (χ3v) is 5.19. The molecule has 3 rings (SSSR count). The quantitative estimate of drug-likeness (QED) is 0.919. The van der Waals surface area contributed by atoms with E-state index in [1.54, 1.807) is 16.2 Å². The second-order valence-electron chi connectivity index (χ2n) is 5.90. The van der Waals surface area contributed by atoms with Gasteiger partial charge in [-0.1, -0.05) is 6.07 Å². The molecule has 2 aromatic heterocycles. The molecule has 128 valence electrons. The van der Waals surface area contributed by atoms with Crippen LogP contribution in [0, 0.1) is 13.8 Å². The van der Waals surface area contributed by atoms with Gasteiger partial charge in [0.2, 0.25) is 0 Å². The summed E-state index contributed by atoms with van der Waals surface area (Å²) in [5.41, 5.74) is 2.56. The highest BCUT2D eigenvalue weighted by molar-refractivity contribution is 7.09. The lowest BCUT2D eigenvalue weighted by atomic mass is 10.2. The topological polar surface area (TPSA) is 71.8 Å². The van der Waals surface area contributed by atoms with E-state index in [1.165, 1.54) is 4.88 Å². The van der Waals surface area contributed by atoms with Crippen molar-refractivity contribution in [1.82, 2.24) is 9.47 Å². The molecule has 7 heteroatoms. The summed E-state index contributed by atoms with van der Waals surface area (Å²) in [5, 5.41) is 11.1. The van der Waals surface area contributed by atoms with Gasteiger partial charge in [0.15, 0.2) is 6.10 Å². The number of carbonyl (C=O) groups is 2. The monoisotopic (exact) mass is 348 g/mol. The molecule has 1 N–H and O–H groups in total. The average molecular weight is 348 g/mol. The number of hydrogen-bond donors (Lipinski definition) is 1. The molecule has 1 atom stereocenters. The van der Waals surface area contributed by atoms with E-state index >= 15 is 0 Å². The summed E-state index contributed by atoms with van der Waals surface area (Å²) in [5.74, 6) is -1.16. The highest BCUT2D eigenvalue weighted by Gasteiger charge is 2.30. The van der Waals surface area contributed by atoms with E-state index in [1.807, 2.05) is 31.4 Å². The molecule has 1 aliphatic heterocycles. The molecule has 1 aliphatic rings. The average Bonchev–Trinajstić information content (AvgIpc) is 3.18. The SMILES string of the molecule is Cc1cc(C(=O)N2CCOC(C(=O)O)C2)c(C)n1Cc1cccs1. The molecule has 1 unspecified atom stereocenters. The first-order valence-corrected chi connectivity index (χ1v) is 8.68. The second kappa shape index (κ2) is 6.78. The maximum Gasteiger partial charge on any atom is 0.334 e. The number of aliphatic carboxylic acids is 1. The number of amides is 1. The van der Waals surface area contributed by atoms with E-state index in [-0.39, 0.29) is 19.1 Å². The number of rotatable bonds is 4. The van der Waals surface area contributed by atoms with Crippen molar-refractivity contribution in [2.45, 2.75) is 26.5 Å². The molecule has 6 nitrogen and oxygen atoms in total. The second-order valence-corrected chi connectivity index (χ2v) is 6.93. The number of carbonyl (C=O) groups excluding carboxylic acids is 1. The normalized spacial score (nSPS) is 17.9. The van der Waals surface area contributed by atoms with Gasteiger partial charge in [-0.05, 0) is 31.4 Å². The first-order chi connectivity index (χ1) is 11.5. The highest BCUT2D eigenvalue weighted by atomic mass is 32.1. The molecule has 3 heterocycles. The van der Waals surface area contributed by atoms with Gasteiger partial charge in [0, 0.05) is 22.8 Å². The van der Waals surface area contributed by atoms with Crippen molar-refractivity contribution < 1.29 is 19.4 Å². The molecule has 0 bridgehead atoms. The summed E-state index contributed by atoms with van der Waals surface area (Å²) in [6.07, 6.45) is -0.947. The lowest BCUT2D eigenvalue weighted by molar-refractivity contribution is -0.154. The lowest BCUT2D eigenvalue weighted by Gasteiger charge is -2.30. The van der Waals surface area contributed by atoms with Crippen LogP contribution in [0.15, 0.2) is 23.6 Å². The molecule has 2 aromatic rings. The van der Waals surface area contributed by atoms with Crippen LogP contribution in [0.4, 0.5) is 0 Å². The van der Waals surface area contributed by atoms with Crippen LogP contribution >= 0.6 is 11.3 Å². The summed E-state index contributed by atoms with van der Waals surface area (Å²) < 4.78 is 7.31. The number of aryl methyl sites for hydroxylation is 1. The fourth-order valence-electron chi connectivity index (χ4n) is 2.97. The number of thiophene rings is 1. The number of carboxylic acid groups (broad SMARTS) is 1. The predicted molar refractivity (Wildman–Crippen MR) is 90.6 cm³/mol. The van der Waals surface area contributed by atoms with Crippen molar-refractivity contribution in [2.24, 2.45) is 0 Å². The van der Waals surface area contributed by atoms with Crippen LogP contribution in [0.2, 0.25) is 0 Å². The Morgan fingerprint density at radius 2 is 2.21 bits per heavy atom. The molecular weight excluding hydrogens is 328 g/mol. The minimum absolute atomic E-state index is 0.0861. The van der Waals surface area contributed by atoms with Crippen LogP contribution in [-0.2, 0) is 16.1 Å². The van der Waals surface area contributed by atoms with Crippen LogP contribution in [-0.4, -0.2) is 52.3 Å². The number of carboxylic acids is 1. The van der Waals surface area contributed by atoms with Gasteiger partial charge in [-0.25, -0.2) is 4.79 Å². The molecular formula is C17H20N2O4S. The van der Waals surface area contributed by atoms with Crippen molar-refractivity contribution >= 4 is 23.2 Å². The summed E-state index contributed by atoms with van der Waals surface area (Å²) in [6, 6.07) is 5.97. The summed E-state index contributed by atoms with van der Waals surface area (Å²) >= 11 is 1.69. The Balaban J connectivity index is 1.81. The predicted octanol–water partition coefficient (Wildman–Crippen LogP) is 2.14. The fraction of sp³-hybridized carbons (Fsp3) is 0.412. The molecule has 0 radical (unpaired) electrons. The van der Waals surface area contributed by atoms with Gasteiger partial charge in [0.05, 0.1) is 25.3 Å². The van der Waals surface area contributed by atoms with Crippen molar-refractivity contribution in [1.29, 1.82) is 0 Å². The van der Waals surface area contributed by atoms with Gasteiger partial charge < -0.3 is 19.3 Å². The molecule has 24 heavy (non-hydrogen) atoms. The van der Waals surface area contributed by atoms with Crippen LogP contribution in [0.3, 0.4) is 0 Å². The Labute approximate surface area is 144 Å². The van der Waals surface area contributed by atoms with E-state index in [4.69, 9.17) is 9.84 Å². The summed E-state index contributed by atoms with van der Waals surface area (Å²) in [4.78, 5) is 26.7. The molecule has 1 saturated heterocycles. The number of nitrogens with zero attached hydrogens (tertiary/aromatic N) is 2. The van der Waals surface area contributed by atoms with E-state index in [0.717, 1.165) is 17.9 Å². The molecule has 0 aromatic carbocycles. The Morgan fingerprint density at radius 1 is 1.42 bits per heavy atom. The largest absolute Gasteiger partial charge is 0.479 e. The number of ether oxygens (including phenoxy) is 1. The molecule has 1 fully saturated rings. The zero-order valence-corrected chi connectivity index (χ0v) is 14.5. The first-order valence-electron chi connectivity index (χ1n) is 7.80. The van der Waals surface area contributed by atoms with Crippen LogP contribution < -0.4 is 0 Å². The maximum atomic E-state index is 12.8. The minimum atomic E-state index is -1.03. The Bertz CT molecular complexity index is 751. The number of morpholine rings is 1. The lowest BCUT2D eigenvalue weighted by Crippen LogP contribution is -2.48.